The number of rotatable bonds is 7. The molecule has 8 nitrogen and oxygen atoms in total. The lowest BCUT2D eigenvalue weighted by atomic mass is 10.3. The number of nitrogens with zero attached hydrogens (tertiary/aromatic N) is 3. The molecule has 2 heterocycles. The Morgan fingerprint density at radius 2 is 2.09 bits per heavy atom. The zero-order valence-electron chi connectivity index (χ0n) is 12.3. The summed E-state index contributed by atoms with van der Waals surface area (Å²) in [5.74, 6) is 1.64. The average molecular weight is 334 g/mol. The number of methoxy groups -OCH3 is 1. The summed E-state index contributed by atoms with van der Waals surface area (Å²) in [6.45, 7) is 0.756. The Morgan fingerprint density at radius 1 is 1.35 bits per heavy atom. The Morgan fingerprint density at radius 3 is 2.78 bits per heavy atom. The minimum atomic E-state index is -0.445. The molecule has 0 atom stereocenters. The molecule has 0 radical (unpaired) electrons. The average Bonchev–Trinajstić information content (AvgIpc) is 3.12. The lowest BCUT2D eigenvalue weighted by molar-refractivity contribution is -0.389. The second-order valence-corrected chi connectivity index (χ2v) is 5.42. The number of benzene rings is 1. The van der Waals surface area contributed by atoms with E-state index in [4.69, 9.17) is 9.47 Å². The minimum absolute atomic E-state index is 0.0642. The quantitative estimate of drug-likeness (QED) is 0.406. The van der Waals surface area contributed by atoms with Gasteiger partial charge in [0.15, 0.2) is 0 Å². The Hall–Kier alpha value is -2.81. The Labute approximate surface area is 135 Å². The van der Waals surface area contributed by atoms with E-state index in [1.165, 1.54) is 15.7 Å². The number of anilines is 1. The number of aromatic nitrogens is 2. The zero-order valence-corrected chi connectivity index (χ0v) is 13.1. The van der Waals surface area contributed by atoms with Gasteiger partial charge in [-0.3, -0.25) is 0 Å². The van der Waals surface area contributed by atoms with E-state index >= 15 is 0 Å². The molecule has 0 aliphatic rings. The summed E-state index contributed by atoms with van der Waals surface area (Å²) in [5.41, 5.74) is 0. The van der Waals surface area contributed by atoms with Crippen molar-refractivity contribution >= 4 is 27.9 Å². The molecule has 9 heteroatoms. The maximum absolute atomic E-state index is 11.2. The summed E-state index contributed by atoms with van der Waals surface area (Å²) in [6, 6.07) is 7.20. The highest BCUT2D eigenvalue weighted by Crippen LogP contribution is 2.27. The Balaban J connectivity index is 1.59. The number of hydrogen-bond acceptors (Lipinski definition) is 7. The predicted molar refractivity (Wildman–Crippen MR) is 86.7 cm³/mol. The molecule has 0 saturated heterocycles. The van der Waals surface area contributed by atoms with Crippen LogP contribution in [0.15, 0.2) is 35.8 Å². The first kappa shape index (κ1) is 15.1. The van der Waals surface area contributed by atoms with Crippen molar-refractivity contribution in [2.75, 3.05) is 25.6 Å². The SMILES string of the molecule is COc1ccc(OCCNc2nc3sccn3c2[N+](=O)[O-])cc1. The fourth-order valence-electron chi connectivity index (χ4n) is 2.08. The number of fused-ring (bicyclic) bond motifs is 1. The molecule has 0 saturated carbocycles. The van der Waals surface area contributed by atoms with Crippen LogP contribution in [0.25, 0.3) is 4.96 Å². The highest BCUT2D eigenvalue weighted by Gasteiger charge is 2.23. The molecule has 0 amide bonds. The fraction of sp³-hybridized carbons (Fsp3) is 0.214. The van der Waals surface area contributed by atoms with Crippen molar-refractivity contribution in [3.8, 4) is 11.5 Å². The third-order valence-corrected chi connectivity index (χ3v) is 3.89. The van der Waals surface area contributed by atoms with Crippen LogP contribution >= 0.6 is 11.3 Å². The number of nitro groups is 1. The third-order valence-electron chi connectivity index (χ3n) is 3.13. The van der Waals surface area contributed by atoms with Gasteiger partial charge in [0.05, 0.1) is 13.7 Å². The van der Waals surface area contributed by atoms with Crippen LogP contribution in [0.3, 0.4) is 0 Å². The Kier molecular flexibility index (Phi) is 4.29. The van der Waals surface area contributed by atoms with Gasteiger partial charge in [0.25, 0.3) is 4.96 Å². The largest absolute Gasteiger partial charge is 0.497 e. The van der Waals surface area contributed by atoms with Gasteiger partial charge in [0.2, 0.25) is 5.82 Å². The van der Waals surface area contributed by atoms with Crippen LogP contribution in [0.2, 0.25) is 0 Å². The lowest BCUT2D eigenvalue weighted by Crippen LogP contribution is -2.12. The van der Waals surface area contributed by atoms with E-state index in [1.807, 2.05) is 0 Å². The van der Waals surface area contributed by atoms with Gasteiger partial charge in [-0.05, 0) is 29.2 Å². The number of imidazole rings is 1. The van der Waals surface area contributed by atoms with E-state index in [2.05, 4.69) is 10.3 Å². The molecule has 120 valence electrons. The van der Waals surface area contributed by atoms with Crippen molar-refractivity contribution in [2.45, 2.75) is 0 Å². The van der Waals surface area contributed by atoms with Crippen LogP contribution in [-0.4, -0.2) is 34.6 Å². The van der Waals surface area contributed by atoms with Crippen molar-refractivity contribution in [1.29, 1.82) is 0 Å². The van der Waals surface area contributed by atoms with Gasteiger partial charge in [-0.15, -0.1) is 0 Å². The smallest absolute Gasteiger partial charge is 0.372 e. The molecule has 3 rings (SSSR count). The molecular weight excluding hydrogens is 320 g/mol. The highest BCUT2D eigenvalue weighted by atomic mass is 32.1. The van der Waals surface area contributed by atoms with E-state index in [9.17, 15) is 10.1 Å². The van der Waals surface area contributed by atoms with Gasteiger partial charge in [0.1, 0.15) is 24.3 Å². The number of thiazole rings is 1. The van der Waals surface area contributed by atoms with Crippen molar-refractivity contribution in [3.63, 3.8) is 0 Å². The van der Waals surface area contributed by atoms with Gasteiger partial charge in [0, 0.05) is 5.38 Å². The van der Waals surface area contributed by atoms with Crippen molar-refractivity contribution in [1.82, 2.24) is 9.38 Å². The summed E-state index contributed by atoms with van der Waals surface area (Å²) in [5, 5.41) is 15.9. The van der Waals surface area contributed by atoms with Crippen molar-refractivity contribution in [3.05, 3.63) is 46.0 Å². The van der Waals surface area contributed by atoms with Crippen LogP contribution in [0, 0.1) is 10.1 Å². The summed E-state index contributed by atoms with van der Waals surface area (Å²) >= 11 is 1.34. The lowest BCUT2D eigenvalue weighted by Gasteiger charge is -2.07. The second kappa shape index (κ2) is 6.53. The molecule has 0 bridgehead atoms. The number of ether oxygens (including phenoxy) is 2. The normalized spacial score (nSPS) is 10.7. The molecule has 0 aliphatic heterocycles. The molecule has 0 unspecified atom stereocenters. The zero-order chi connectivity index (χ0) is 16.2. The molecule has 0 fully saturated rings. The first-order valence-corrected chi connectivity index (χ1v) is 7.67. The minimum Gasteiger partial charge on any atom is -0.497 e. The third kappa shape index (κ3) is 3.19. The van der Waals surface area contributed by atoms with Gasteiger partial charge >= 0.3 is 5.82 Å². The molecule has 3 aromatic rings. The topological polar surface area (TPSA) is 90.9 Å². The van der Waals surface area contributed by atoms with E-state index < -0.39 is 4.92 Å². The van der Waals surface area contributed by atoms with Crippen LogP contribution in [-0.2, 0) is 0 Å². The first-order chi connectivity index (χ1) is 11.2. The standard InChI is InChI=1S/C14H14N4O4S/c1-21-10-2-4-11(5-3-10)22-8-6-15-12-13(18(19)20)17-7-9-23-14(17)16-12/h2-5,7,9,15H,6,8H2,1H3. The molecular formula is C14H14N4O4S. The monoisotopic (exact) mass is 334 g/mol. The van der Waals surface area contributed by atoms with E-state index in [0.29, 0.717) is 23.9 Å². The maximum Gasteiger partial charge on any atom is 0.372 e. The molecule has 0 aliphatic carbocycles. The molecule has 23 heavy (non-hydrogen) atoms. The summed E-state index contributed by atoms with van der Waals surface area (Å²) in [7, 11) is 1.60. The first-order valence-electron chi connectivity index (χ1n) is 6.79. The van der Waals surface area contributed by atoms with Gasteiger partial charge < -0.3 is 24.9 Å². The summed E-state index contributed by atoms with van der Waals surface area (Å²) < 4.78 is 12.1. The van der Waals surface area contributed by atoms with E-state index in [0.717, 1.165) is 5.75 Å². The highest BCUT2D eigenvalue weighted by molar-refractivity contribution is 7.15. The van der Waals surface area contributed by atoms with Crippen molar-refractivity contribution in [2.24, 2.45) is 0 Å². The molecule has 0 spiro atoms. The summed E-state index contributed by atoms with van der Waals surface area (Å²) in [6.07, 6.45) is 1.63. The molecule has 1 aromatic carbocycles. The van der Waals surface area contributed by atoms with Gasteiger partial charge in [-0.25, -0.2) is 0 Å². The molecule has 2 aromatic heterocycles. The van der Waals surface area contributed by atoms with Crippen LogP contribution in [0.5, 0.6) is 11.5 Å². The van der Waals surface area contributed by atoms with E-state index in [-0.39, 0.29) is 11.6 Å². The Bertz CT molecular complexity index is 812. The van der Waals surface area contributed by atoms with Gasteiger partial charge in [-0.1, -0.05) is 11.3 Å². The molecule has 1 N–H and O–H groups in total. The van der Waals surface area contributed by atoms with E-state index in [1.54, 1.807) is 43.0 Å². The van der Waals surface area contributed by atoms with Gasteiger partial charge in [-0.2, -0.15) is 9.38 Å². The summed E-state index contributed by atoms with van der Waals surface area (Å²) in [4.78, 5) is 15.5. The fourth-order valence-corrected chi connectivity index (χ4v) is 2.79. The van der Waals surface area contributed by atoms with Crippen LogP contribution in [0.1, 0.15) is 0 Å². The van der Waals surface area contributed by atoms with Crippen molar-refractivity contribution < 1.29 is 14.4 Å². The maximum atomic E-state index is 11.2. The number of hydrogen-bond donors (Lipinski definition) is 1. The number of nitrogens with one attached hydrogen (secondary N) is 1. The second-order valence-electron chi connectivity index (χ2n) is 4.55. The predicted octanol–water partition coefficient (Wildman–Crippen LogP) is 2.80. The van der Waals surface area contributed by atoms with Crippen LogP contribution in [0.4, 0.5) is 11.6 Å². The van der Waals surface area contributed by atoms with Crippen LogP contribution < -0.4 is 14.8 Å².